The molecule has 0 saturated carbocycles. The SMILES string of the molecule is CN(C)c1ncc(-c2ccc(F)cc2)c(C2CCCCN2C(=O)CCN2C(=O)CCCC2=O)n1. The van der Waals surface area contributed by atoms with Crippen molar-refractivity contribution in [1.82, 2.24) is 19.8 Å². The average molecular weight is 468 g/mol. The van der Waals surface area contributed by atoms with Crippen LogP contribution in [0, 0.1) is 5.82 Å². The molecule has 0 radical (unpaired) electrons. The maximum Gasteiger partial charge on any atom is 0.229 e. The highest BCUT2D eigenvalue weighted by atomic mass is 19.1. The fourth-order valence-electron chi connectivity index (χ4n) is 4.62. The first-order valence-corrected chi connectivity index (χ1v) is 11.8. The fraction of sp³-hybridized carbons (Fsp3) is 0.480. The van der Waals surface area contributed by atoms with E-state index in [0.29, 0.717) is 31.8 Å². The Morgan fingerprint density at radius 2 is 1.79 bits per heavy atom. The molecule has 2 saturated heterocycles. The highest BCUT2D eigenvalue weighted by molar-refractivity contribution is 5.97. The Balaban J connectivity index is 1.62. The molecular formula is C25H30FN5O3. The van der Waals surface area contributed by atoms with Crippen molar-refractivity contribution in [1.29, 1.82) is 0 Å². The van der Waals surface area contributed by atoms with Crippen LogP contribution in [0.4, 0.5) is 10.3 Å². The smallest absolute Gasteiger partial charge is 0.229 e. The number of imide groups is 1. The Bertz CT molecular complexity index is 1060. The molecule has 1 aromatic carbocycles. The van der Waals surface area contributed by atoms with E-state index < -0.39 is 0 Å². The van der Waals surface area contributed by atoms with Gasteiger partial charge in [0.15, 0.2) is 0 Å². The molecule has 1 atom stereocenters. The minimum Gasteiger partial charge on any atom is -0.347 e. The monoisotopic (exact) mass is 467 g/mol. The van der Waals surface area contributed by atoms with E-state index in [-0.39, 0.29) is 42.5 Å². The maximum absolute atomic E-state index is 13.5. The zero-order valence-corrected chi connectivity index (χ0v) is 19.7. The summed E-state index contributed by atoms with van der Waals surface area (Å²) in [6.45, 7) is 0.687. The van der Waals surface area contributed by atoms with Gasteiger partial charge in [-0.05, 0) is 43.4 Å². The van der Waals surface area contributed by atoms with Crippen molar-refractivity contribution in [3.8, 4) is 11.1 Å². The molecule has 1 aromatic heterocycles. The highest BCUT2D eigenvalue weighted by Crippen LogP contribution is 2.36. The topological polar surface area (TPSA) is 86.7 Å². The largest absolute Gasteiger partial charge is 0.347 e. The van der Waals surface area contributed by atoms with E-state index in [9.17, 15) is 18.8 Å². The summed E-state index contributed by atoms with van der Waals surface area (Å²) in [5.74, 6) is -0.310. The second-order valence-electron chi connectivity index (χ2n) is 9.01. The normalized spacial score (nSPS) is 18.9. The summed E-state index contributed by atoms with van der Waals surface area (Å²) in [7, 11) is 3.71. The summed E-state index contributed by atoms with van der Waals surface area (Å²) in [5, 5.41) is 0. The van der Waals surface area contributed by atoms with Gasteiger partial charge in [0.05, 0.1) is 11.7 Å². The first kappa shape index (κ1) is 23.8. The molecule has 9 heteroatoms. The number of nitrogens with zero attached hydrogens (tertiary/aromatic N) is 5. The van der Waals surface area contributed by atoms with Gasteiger partial charge < -0.3 is 9.80 Å². The number of piperidine rings is 2. The van der Waals surface area contributed by atoms with Crippen LogP contribution in [0.15, 0.2) is 30.5 Å². The van der Waals surface area contributed by atoms with Gasteiger partial charge in [-0.1, -0.05) is 12.1 Å². The second-order valence-corrected chi connectivity index (χ2v) is 9.01. The summed E-state index contributed by atoms with van der Waals surface area (Å²) in [4.78, 5) is 51.7. The molecule has 0 bridgehead atoms. The van der Waals surface area contributed by atoms with Crippen LogP contribution >= 0.6 is 0 Å². The molecule has 180 valence electrons. The van der Waals surface area contributed by atoms with Gasteiger partial charge in [-0.15, -0.1) is 0 Å². The molecule has 0 aliphatic carbocycles. The minimum absolute atomic E-state index is 0.0888. The number of carbonyl (C=O) groups excluding carboxylic acids is 3. The van der Waals surface area contributed by atoms with Gasteiger partial charge in [-0.2, -0.15) is 0 Å². The third-order valence-corrected chi connectivity index (χ3v) is 6.43. The third-order valence-electron chi connectivity index (χ3n) is 6.43. The van der Waals surface area contributed by atoms with Crippen LogP contribution in [-0.4, -0.2) is 64.7 Å². The summed E-state index contributed by atoms with van der Waals surface area (Å²) in [5.41, 5.74) is 2.27. The lowest BCUT2D eigenvalue weighted by Gasteiger charge is -2.37. The fourth-order valence-corrected chi connectivity index (χ4v) is 4.62. The minimum atomic E-state index is -0.326. The molecule has 0 N–H and O–H groups in total. The second kappa shape index (κ2) is 10.3. The predicted molar refractivity (Wildman–Crippen MR) is 125 cm³/mol. The van der Waals surface area contributed by atoms with Crippen molar-refractivity contribution in [2.45, 2.75) is 51.0 Å². The van der Waals surface area contributed by atoms with Crippen LogP contribution in [0.2, 0.25) is 0 Å². The van der Waals surface area contributed by atoms with Crippen molar-refractivity contribution in [3.05, 3.63) is 42.0 Å². The standard InChI is InChI=1S/C25H30FN5O3/c1-29(2)25-27-16-19(17-9-11-18(26)12-10-17)24(28-25)20-6-3-4-14-30(20)23(34)13-15-31-21(32)7-5-8-22(31)33/h9-12,16,20H,3-8,13-15H2,1-2H3. The molecule has 2 aliphatic heterocycles. The van der Waals surface area contributed by atoms with E-state index in [1.54, 1.807) is 23.2 Å². The van der Waals surface area contributed by atoms with Gasteiger partial charge in [-0.25, -0.2) is 14.4 Å². The molecule has 1 unspecified atom stereocenters. The summed E-state index contributed by atoms with van der Waals surface area (Å²) in [6, 6.07) is 5.91. The van der Waals surface area contributed by atoms with Crippen LogP contribution in [0.25, 0.3) is 11.1 Å². The van der Waals surface area contributed by atoms with Crippen molar-refractivity contribution >= 4 is 23.7 Å². The molecule has 34 heavy (non-hydrogen) atoms. The molecule has 3 amide bonds. The Kier molecular flexibility index (Phi) is 7.19. The lowest BCUT2D eigenvalue weighted by Crippen LogP contribution is -2.44. The number of halogens is 1. The molecule has 3 heterocycles. The van der Waals surface area contributed by atoms with Gasteiger partial charge in [-0.3, -0.25) is 19.3 Å². The van der Waals surface area contributed by atoms with Gasteiger partial charge >= 0.3 is 0 Å². The number of carbonyl (C=O) groups is 3. The van der Waals surface area contributed by atoms with Crippen LogP contribution < -0.4 is 4.90 Å². The van der Waals surface area contributed by atoms with Crippen molar-refractivity contribution < 1.29 is 18.8 Å². The number of aromatic nitrogens is 2. The molecule has 2 fully saturated rings. The van der Waals surface area contributed by atoms with Gasteiger partial charge in [0.2, 0.25) is 23.7 Å². The molecule has 4 rings (SSSR count). The van der Waals surface area contributed by atoms with E-state index >= 15 is 0 Å². The van der Waals surface area contributed by atoms with E-state index in [1.807, 2.05) is 19.0 Å². The third kappa shape index (κ3) is 5.08. The van der Waals surface area contributed by atoms with Crippen molar-refractivity contribution in [2.24, 2.45) is 0 Å². The Labute approximate surface area is 198 Å². The lowest BCUT2D eigenvalue weighted by molar-refractivity contribution is -0.148. The van der Waals surface area contributed by atoms with Crippen LogP contribution in [0.3, 0.4) is 0 Å². The molecule has 2 aromatic rings. The van der Waals surface area contributed by atoms with Crippen LogP contribution in [-0.2, 0) is 14.4 Å². The number of amides is 3. The summed E-state index contributed by atoms with van der Waals surface area (Å²) in [6.07, 6.45) is 5.65. The number of anilines is 1. The Morgan fingerprint density at radius 3 is 2.47 bits per heavy atom. The first-order valence-electron chi connectivity index (χ1n) is 11.8. The summed E-state index contributed by atoms with van der Waals surface area (Å²) >= 11 is 0. The van der Waals surface area contributed by atoms with Crippen molar-refractivity contribution in [3.63, 3.8) is 0 Å². The maximum atomic E-state index is 13.5. The highest BCUT2D eigenvalue weighted by Gasteiger charge is 2.33. The van der Waals surface area contributed by atoms with Crippen LogP contribution in [0.5, 0.6) is 0 Å². The number of hydrogen-bond donors (Lipinski definition) is 0. The van der Waals surface area contributed by atoms with E-state index in [4.69, 9.17) is 4.98 Å². The lowest BCUT2D eigenvalue weighted by atomic mass is 9.93. The van der Waals surface area contributed by atoms with Gasteiger partial charge in [0.1, 0.15) is 5.82 Å². The zero-order valence-electron chi connectivity index (χ0n) is 19.7. The number of likely N-dealkylation sites (tertiary alicyclic amines) is 2. The van der Waals surface area contributed by atoms with Crippen molar-refractivity contribution in [2.75, 3.05) is 32.1 Å². The number of hydrogen-bond acceptors (Lipinski definition) is 6. The quantitative estimate of drug-likeness (QED) is 0.606. The predicted octanol–water partition coefficient (Wildman–Crippen LogP) is 3.33. The van der Waals surface area contributed by atoms with E-state index in [1.165, 1.54) is 17.0 Å². The average Bonchev–Trinajstić information content (AvgIpc) is 2.84. The molecular weight excluding hydrogens is 437 g/mol. The molecule has 0 spiro atoms. The van der Waals surface area contributed by atoms with Gasteiger partial charge in [0.25, 0.3) is 0 Å². The van der Waals surface area contributed by atoms with Crippen LogP contribution in [0.1, 0.15) is 56.7 Å². The molecule has 8 nitrogen and oxygen atoms in total. The van der Waals surface area contributed by atoms with E-state index in [0.717, 1.165) is 36.1 Å². The Morgan fingerprint density at radius 1 is 1.09 bits per heavy atom. The Hall–Kier alpha value is -3.36. The number of benzene rings is 1. The van der Waals surface area contributed by atoms with E-state index in [2.05, 4.69) is 4.98 Å². The first-order chi connectivity index (χ1) is 16.3. The molecule has 2 aliphatic rings. The summed E-state index contributed by atoms with van der Waals surface area (Å²) < 4.78 is 13.5. The van der Waals surface area contributed by atoms with Gasteiger partial charge in [0, 0.05) is 58.2 Å². The zero-order chi connectivity index (χ0) is 24.2. The number of rotatable bonds is 6.